The van der Waals surface area contributed by atoms with Gasteiger partial charge in [0, 0.05) is 11.6 Å². The van der Waals surface area contributed by atoms with Crippen LogP contribution in [-0.2, 0) is 0 Å². The maximum atomic E-state index is 13.7. The summed E-state index contributed by atoms with van der Waals surface area (Å²) in [4.78, 5) is 12.2. The molecule has 0 saturated heterocycles. The molecule has 5 nitrogen and oxygen atoms in total. The first-order valence-corrected chi connectivity index (χ1v) is 6.55. The van der Waals surface area contributed by atoms with Crippen molar-refractivity contribution in [1.29, 1.82) is 0 Å². The summed E-state index contributed by atoms with van der Waals surface area (Å²) in [5, 5.41) is 11.6. The summed E-state index contributed by atoms with van der Waals surface area (Å²) in [5.74, 6) is -0.905. The molecule has 0 spiro atoms. The lowest BCUT2D eigenvalue weighted by molar-refractivity contribution is 0.102. The van der Waals surface area contributed by atoms with Crippen molar-refractivity contribution in [3.63, 3.8) is 0 Å². The topological polar surface area (TPSA) is 67.8 Å². The minimum atomic E-state index is -0.796. The van der Waals surface area contributed by atoms with Gasteiger partial charge in [0.05, 0.1) is 24.9 Å². The Kier molecular flexibility index (Phi) is 4.72. The van der Waals surface area contributed by atoms with E-state index in [0.717, 1.165) is 12.1 Å². The van der Waals surface area contributed by atoms with E-state index in [1.165, 1.54) is 26.4 Å². The van der Waals surface area contributed by atoms with Crippen molar-refractivity contribution < 1.29 is 23.8 Å². The van der Waals surface area contributed by atoms with Gasteiger partial charge < -0.3 is 19.9 Å². The fourth-order valence-electron chi connectivity index (χ4n) is 1.80. The molecular weight excluding hydrogens is 313 g/mol. The molecule has 2 rings (SSSR count). The molecule has 0 unspecified atom stereocenters. The molecule has 2 N–H and O–H groups in total. The van der Waals surface area contributed by atoms with Gasteiger partial charge in [-0.2, -0.15) is 0 Å². The van der Waals surface area contributed by atoms with E-state index in [0.29, 0.717) is 11.5 Å². The fourth-order valence-corrected chi connectivity index (χ4v) is 1.97. The van der Waals surface area contributed by atoms with Crippen LogP contribution < -0.4 is 14.8 Å². The average molecular weight is 326 g/mol. The molecular formula is C15H13ClFNO4. The van der Waals surface area contributed by atoms with Gasteiger partial charge >= 0.3 is 0 Å². The lowest BCUT2D eigenvalue weighted by Crippen LogP contribution is -2.13. The third-order valence-electron chi connectivity index (χ3n) is 2.93. The van der Waals surface area contributed by atoms with Gasteiger partial charge in [-0.1, -0.05) is 11.6 Å². The minimum Gasteiger partial charge on any atom is -0.506 e. The summed E-state index contributed by atoms with van der Waals surface area (Å²) < 4.78 is 23.9. The highest BCUT2D eigenvalue weighted by Gasteiger charge is 2.14. The molecule has 2 aromatic carbocycles. The van der Waals surface area contributed by atoms with Crippen LogP contribution >= 0.6 is 11.6 Å². The zero-order valence-corrected chi connectivity index (χ0v) is 12.6. The number of phenols is 1. The van der Waals surface area contributed by atoms with Gasteiger partial charge in [-0.05, 0) is 24.3 Å². The Balaban J connectivity index is 2.28. The van der Waals surface area contributed by atoms with Crippen LogP contribution in [0.15, 0.2) is 30.3 Å². The molecule has 2 aromatic rings. The highest BCUT2D eigenvalue weighted by molar-refractivity contribution is 6.32. The van der Waals surface area contributed by atoms with Crippen LogP contribution in [0.1, 0.15) is 10.4 Å². The van der Waals surface area contributed by atoms with Crippen LogP contribution in [0.3, 0.4) is 0 Å². The van der Waals surface area contributed by atoms with E-state index in [9.17, 15) is 14.3 Å². The molecule has 0 atom stereocenters. The molecule has 0 aromatic heterocycles. The van der Waals surface area contributed by atoms with E-state index in [1.807, 2.05) is 0 Å². The van der Waals surface area contributed by atoms with Gasteiger partial charge in [-0.25, -0.2) is 4.39 Å². The fraction of sp³-hybridized carbons (Fsp3) is 0.133. The zero-order chi connectivity index (χ0) is 16.3. The number of anilines is 1. The number of hydrogen-bond donors (Lipinski definition) is 2. The summed E-state index contributed by atoms with van der Waals surface area (Å²) in [6.07, 6.45) is 0. The Morgan fingerprint density at radius 1 is 1.18 bits per heavy atom. The van der Waals surface area contributed by atoms with Crippen molar-refractivity contribution in [2.45, 2.75) is 0 Å². The monoisotopic (exact) mass is 325 g/mol. The summed E-state index contributed by atoms with van der Waals surface area (Å²) in [5.41, 5.74) is 0.115. The smallest absolute Gasteiger partial charge is 0.255 e. The Hall–Kier alpha value is -2.47. The third-order valence-corrected chi connectivity index (χ3v) is 3.23. The van der Waals surface area contributed by atoms with E-state index in [-0.39, 0.29) is 16.3 Å². The molecule has 0 radical (unpaired) electrons. The Bertz CT molecular complexity index is 721. The van der Waals surface area contributed by atoms with E-state index >= 15 is 0 Å². The van der Waals surface area contributed by atoms with Gasteiger partial charge in [0.25, 0.3) is 5.91 Å². The first-order chi connectivity index (χ1) is 10.5. The first-order valence-electron chi connectivity index (χ1n) is 6.17. The summed E-state index contributed by atoms with van der Waals surface area (Å²) in [7, 11) is 2.92. The lowest BCUT2D eigenvalue weighted by Gasteiger charge is -2.11. The van der Waals surface area contributed by atoms with Gasteiger partial charge in [-0.3, -0.25) is 4.79 Å². The minimum absolute atomic E-state index is 0.0657. The van der Waals surface area contributed by atoms with Crippen LogP contribution in [-0.4, -0.2) is 25.2 Å². The number of ether oxygens (including phenoxy) is 2. The SMILES string of the molecule is COc1ccc(C(=O)Nc2cc(Cl)c(O)cc2F)cc1OC. The molecule has 0 aliphatic heterocycles. The highest BCUT2D eigenvalue weighted by atomic mass is 35.5. The molecule has 0 fully saturated rings. The van der Waals surface area contributed by atoms with E-state index in [1.54, 1.807) is 6.07 Å². The van der Waals surface area contributed by atoms with Crippen molar-refractivity contribution in [2.24, 2.45) is 0 Å². The summed E-state index contributed by atoms with van der Waals surface area (Å²) in [6, 6.07) is 6.50. The number of nitrogens with one attached hydrogen (secondary N) is 1. The molecule has 0 heterocycles. The van der Waals surface area contributed by atoms with Crippen molar-refractivity contribution in [1.82, 2.24) is 0 Å². The van der Waals surface area contributed by atoms with Crippen LogP contribution in [0.4, 0.5) is 10.1 Å². The Morgan fingerprint density at radius 3 is 2.50 bits per heavy atom. The third kappa shape index (κ3) is 3.23. The zero-order valence-electron chi connectivity index (χ0n) is 11.8. The molecule has 7 heteroatoms. The number of rotatable bonds is 4. The second-order valence-electron chi connectivity index (χ2n) is 4.31. The molecule has 22 heavy (non-hydrogen) atoms. The first kappa shape index (κ1) is 15.9. The average Bonchev–Trinajstić information content (AvgIpc) is 2.51. The number of hydrogen-bond acceptors (Lipinski definition) is 4. The summed E-state index contributed by atoms with van der Waals surface area (Å²) >= 11 is 5.70. The number of methoxy groups -OCH3 is 2. The maximum absolute atomic E-state index is 13.7. The Morgan fingerprint density at radius 2 is 1.86 bits per heavy atom. The van der Waals surface area contributed by atoms with E-state index in [2.05, 4.69) is 5.32 Å². The predicted octanol–water partition coefficient (Wildman–Crippen LogP) is 3.45. The van der Waals surface area contributed by atoms with E-state index in [4.69, 9.17) is 21.1 Å². The number of aromatic hydroxyl groups is 1. The van der Waals surface area contributed by atoms with Crippen LogP contribution in [0, 0.1) is 5.82 Å². The number of halogens is 2. The van der Waals surface area contributed by atoms with E-state index < -0.39 is 17.5 Å². The molecule has 116 valence electrons. The summed E-state index contributed by atoms with van der Waals surface area (Å²) in [6.45, 7) is 0. The van der Waals surface area contributed by atoms with Crippen LogP contribution in [0.25, 0.3) is 0 Å². The number of carbonyl (C=O) groups excluding carboxylic acids is 1. The Labute approximate surface area is 131 Å². The van der Waals surface area contributed by atoms with Crippen molar-refractivity contribution >= 4 is 23.2 Å². The number of benzene rings is 2. The van der Waals surface area contributed by atoms with Gasteiger partial charge in [0.15, 0.2) is 17.3 Å². The highest BCUT2D eigenvalue weighted by Crippen LogP contribution is 2.30. The number of amides is 1. The normalized spacial score (nSPS) is 10.2. The molecule has 0 aliphatic rings. The lowest BCUT2D eigenvalue weighted by atomic mass is 10.1. The second kappa shape index (κ2) is 6.53. The molecule has 0 bridgehead atoms. The van der Waals surface area contributed by atoms with Gasteiger partial charge in [0.1, 0.15) is 5.75 Å². The number of phenolic OH excluding ortho intramolecular Hbond substituents is 1. The van der Waals surface area contributed by atoms with Crippen molar-refractivity contribution in [3.8, 4) is 17.2 Å². The molecule has 1 amide bonds. The molecule has 0 saturated carbocycles. The quantitative estimate of drug-likeness (QED) is 0.845. The second-order valence-corrected chi connectivity index (χ2v) is 4.71. The van der Waals surface area contributed by atoms with Gasteiger partial charge in [-0.15, -0.1) is 0 Å². The van der Waals surface area contributed by atoms with Crippen molar-refractivity contribution in [3.05, 3.63) is 46.7 Å². The maximum Gasteiger partial charge on any atom is 0.255 e. The van der Waals surface area contributed by atoms with Crippen molar-refractivity contribution in [2.75, 3.05) is 19.5 Å². The number of carbonyl (C=O) groups is 1. The predicted molar refractivity (Wildman–Crippen MR) is 80.6 cm³/mol. The largest absolute Gasteiger partial charge is 0.506 e. The molecule has 0 aliphatic carbocycles. The van der Waals surface area contributed by atoms with Gasteiger partial charge in [0.2, 0.25) is 0 Å². The van der Waals surface area contributed by atoms with Crippen LogP contribution in [0.2, 0.25) is 5.02 Å². The van der Waals surface area contributed by atoms with Crippen LogP contribution in [0.5, 0.6) is 17.2 Å². The standard InChI is InChI=1S/C15H13ClFNO4/c1-21-13-4-3-8(5-14(13)22-2)15(20)18-11-6-9(16)12(19)7-10(11)17/h3-7,19H,1-2H3,(H,18,20).